The van der Waals surface area contributed by atoms with Crippen molar-refractivity contribution in [3.05, 3.63) is 11.6 Å². The maximum absolute atomic E-state index is 10.6. The molecule has 1 unspecified atom stereocenters. The predicted octanol–water partition coefficient (Wildman–Crippen LogP) is 0.770. The molecule has 0 bridgehead atoms. The number of amides is 1. The number of carboxylic acid groups (broad SMARTS) is 2. The van der Waals surface area contributed by atoms with Crippen LogP contribution >= 0.6 is 0 Å². The van der Waals surface area contributed by atoms with Gasteiger partial charge in [-0.1, -0.05) is 6.08 Å². The SMILES string of the molecule is CC1CC=C(C(=O)O)CN1C(=O)O. The summed E-state index contributed by atoms with van der Waals surface area (Å²) in [4.78, 5) is 22.3. The summed E-state index contributed by atoms with van der Waals surface area (Å²) in [7, 11) is 0. The summed E-state index contributed by atoms with van der Waals surface area (Å²) in [6, 6.07) is -0.138. The second-order valence-corrected chi connectivity index (χ2v) is 3.03. The van der Waals surface area contributed by atoms with Crippen LogP contribution in [0.5, 0.6) is 0 Å². The van der Waals surface area contributed by atoms with E-state index < -0.39 is 12.1 Å². The van der Waals surface area contributed by atoms with Gasteiger partial charge in [0.15, 0.2) is 0 Å². The molecule has 72 valence electrons. The minimum absolute atomic E-state index is 0.0220. The Morgan fingerprint density at radius 2 is 2.15 bits per heavy atom. The first-order valence-electron chi connectivity index (χ1n) is 3.94. The fourth-order valence-corrected chi connectivity index (χ4v) is 1.26. The van der Waals surface area contributed by atoms with Crippen molar-refractivity contribution in [1.29, 1.82) is 0 Å². The highest BCUT2D eigenvalue weighted by Crippen LogP contribution is 2.16. The molecule has 2 N–H and O–H groups in total. The molecule has 0 aromatic rings. The molecule has 0 saturated carbocycles. The number of carboxylic acids is 1. The van der Waals surface area contributed by atoms with Gasteiger partial charge in [-0.3, -0.25) is 0 Å². The van der Waals surface area contributed by atoms with E-state index in [1.165, 1.54) is 0 Å². The zero-order valence-electron chi connectivity index (χ0n) is 7.23. The summed E-state index contributed by atoms with van der Waals surface area (Å²) in [5.41, 5.74) is 0.153. The van der Waals surface area contributed by atoms with Crippen molar-refractivity contribution in [3.8, 4) is 0 Å². The number of rotatable bonds is 1. The molecule has 0 fully saturated rings. The Morgan fingerprint density at radius 1 is 1.54 bits per heavy atom. The van der Waals surface area contributed by atoms with Crippen molar-refractivity contribution in [2.24, 2.45) is 0 Å². The van der Waals surface area contributed by atoms with E-state index in [0.717, 1.165) is 4.90 Å². The lowest BCUT2D eigenvalue weighted by Crippen LogP contribution is -2.42. The molecule has 5 nitrogen and oxygen atoms in total. The maximum atomic E-state index is 10.6. The average molecular weight is 185 g/mol. The molecule has 1 amide bonds. The molecule has 0 aromatic heterocycles. The van der Waals surface area contributed by atoms with Gasteiger partial charge in [-0.15, -0.1) is 0 Å². The molecule has 1 atom stereocenters. The number of carbonyl (C=O) groups is 2. The highest BCUT2D eigenvalue weighted by Gasteiger charge is 2.26. The zero-order chi connectivity index (χ0) is 10.0. The van der Waals surface area contributed by atoms with E-state index in [9.17, 15) is 9.59 Å². The summed E-state index contributed by atoms with van der Waals surface area (Å²) >= 11 is 0. The third kappa shape index (κ3) is 1.99. The summed E-state index contributed by atoms with van der Waals surface area (Å²) in [6.07, 6.45) is 0.972. The Kier molecular flexibility index (Phi) is 2.55. The van der Waals surface area contributed by atoms with Gasteiger partial charge in [0.25, 0.3) is 0 Å². The second kappa shape index (κ2) is 3.47. The maximum Gasteiger partial charge on any atom is 0.407 e. The minimum atomic E-state index is -1.07. The van der Waals surface area contributed by atoms with Crippen molar-refractivity contribution in [3.63, 3.8) is 0 Å². The number of aliphatic carboxylic acids is 1. The summed E-state index contributed by atoms with van der Waals surface area (Å²) in [5, 5.41) is 17.4. The molecule has 13 heavy (non-hydrogen) atoms. The van der Waals surface area contributed by atoms with Crippen molar-refractivity contribution in [2.45, 2.75) is 19.4 Å². The molecular weight excluding hydrogens is 174 g/mol. The largest absolute Gasteiger partial charge is 0.478 e. The van der Waals surface area contributed by atoms with Crippen LogP contribution in [0, 0.1) is 0 Å². The number of hydrogen-bond donors (Lipinski definition) is 2. The van der Waals surface area contributed by atoms with Gasteiger partial charge < -0.3 is 15.1 Å². The van der Waals surface area contributed by atoms with Crippen molar-refractivity contribution in [1.82, 2.24) is 4.90 Å². The van der Waals surface area contributed by atoms with Crippen LogP contribution < -0.4 is 0 Å². The Hall–Kier alpha value is -1.52. The van der Waals surface area contributed by atoms with E-state index in [0.29, 0.717) is 6.42 Å². The normalized spacial score (nSPS) is 22.4. The van der Waals surface area contributed by atoms with Gasteiger partial charge in [-0.2, -0.15) is 0 Å². The van der Waals surface area contributed by atoms with Gasteiger partial charge in [0.1, 0.15) is 0 Å². The summed E-state index contributed by atoms with van der Waals surface area (Å²) < 4.78 is 0. The van der Waals surface area contributed by atoms with Crippen molar-refractivity contribution >= 4 is 12.1 Å². The van der Waals surface area contributed by atoms with E-state index in [-0.39, 0.29) is 18.2 Å². The Labute approximate surface area is 75.3 Å². The molecule has 0 aliphatic carbocycles. The lowest BCUT2D eigenvalue weighted by Gasteiger charge is -2.29. The lowest BCUT2D eigenvalue weighted by atomic mass is 10.0. The van der Waals surface area contributed by atoms with Crippen LogP contribution in [0.25, 0.3) is 0 Å². The predicted molar refractivity (Wildman–Crippen MR) is 44.5 cm³/mol. The van der Waals surface area contributed by atoms with Crippen LogP contribution in [0.3, 0.4) is 0 Å². The first-order chi connectivity index (χ1) is 6.02. The molecule has 0 aromatic carbocycles. The summed E-state index contributed by atoms with van der Waals surface area (Å²) in [6.45, 7) is 1.73. The van der Waals surface area contributed by atoms with E-state index in [2.05, 4.69) is 0 Å². The fourth-order valence-electron chi connectivity index (χ4n) is 1.26. The molecular formula is C8H11NO4. The van der Waals surface area contributed by atoms with E-state index in [4.69, 9.17) is 10.2 Å². The van der Waals surface area contributed by atoms with Crippen molar-refractivity contribution in [2.75, 3.05) is 6.54 Å². The molecule has 0 spiro atoms. The van der Waals surface area contributed by atoms with Crippen molar-refractivity contribution < 1.29 is 19.8 Å². The smallest absolute Gasteiger partial charge is 0.407 e. The highest BCUT2D eigenvalue weighted by molar-refractivity contribution is 5.88. The van der Waals surface area contributed by atoms with Crippen LogP contribution in [0.4, 0.5) is 4.79 Å². The Bertz CT molecular complexity index is 271. The topological polar surface area (TPSA) is 77.8 Å². The van der Waals surface area contributed by atoms with Crippen LogP contribution in [0.15, 0.2) is 11.6 Å². The minimum Gasteiger partial charge on any atom is -0.478 e. The van der Waals surface area contributed by atoms with E-state index in [1.54, 1.807) is 13.0 Å². The van der Waals surface area contributed by atoms with Gasteiger partial charge in [-0.05, 0) is 13.3 Å². The molecule has 1 rings (SSSR count). The Morgan fingerprint density at radius 3 is 2.62 bits per heavy atom. The zero-order valence-corrected chi connectivity index (χ0v) is 7.23. The third-order valence-corrected chi connectivity index (χ3v) is 2.10. The molecule has 1 heterocycles. The molecule has 0 saturated heterocycles. The molecule has 0 radical (unpaired) electrons. The van der Waals surface area contributed by atoms with E-state index >= 15 is 0 Å². The van der Waals surface area contributed by atoms with Crippen LogP contribution in [-0.4, -0.2) is 39.8 Å². The van der Waals surface area contributed by atoms with Crippen LogP contribution in [-0.2, 0) is 4.79 Å². The fraction of sp³-hybridized carbons (Fsp3) is 0.500. The first kappa shape index (κ1) is 9.57. The lowest BCUT2D eigenvalue weighted by molar-refractivity contribution is -0.133. The van der Waals surface area contributed by atoms with E-state index in [1.807, 2.05) is 0 Å². The molecule has 1 aliphatic rings. The number of nitrogens with zero attached hydrogens (tertiary/aromatic N) is 1. The molecule has 5 heteroatoms. The quantitative estimate of drug-likeness (QED) is 0.632. The first-order valence-corrected chi connectivity index (χ1v) is 3.94. The molecule has 1 aliphatic heterocycles. The Balaban J connectivity index is 2.78. The van der Waals surface area contributed by atoms with Gasteiger partial charge in [0.05, 0.1) is 12.1 Å². The van der Waals surface area contributed by atoms with Gasteiger partial charge >= 0.3 is 12.1 Å². The van der Waals surface area contributed by atoms with Gasteiger partial charge in [0, 0.05) is 6.04 Å². The highest BCUT2D eigenvalue weighted by atomic mass is 16.4. The summed E-state index contributed by atoms with van der Waals surface area (Å²) in [5.74, 6) is -1.04. The van der Waals surface area contributed by atoms with Crippen LogP contribution in [0.1, 0.15) is 13.3 Å². The van der Waals surface area contributed by atoms with Crippen LogP contribution in [0.2, 0.25) is 0 Å². The monoisotopic (exact) mass is 185 g/mol. The van der Waals surface area contributed by atoms with Gasteiger partial charge in [0.2, 0.25) is 0 Å². The average Bonchev–Trinajstić information content (AvgIpc) is 2.04. The standard InChI is InChI=1S/C8H11NO4/c1-5-2-3-6(7(10)11)4-9(5)8(12)13/h3,5H,2,4H2,1H3,(H,10,11)(H,12,13). The second-order valence-electron chi connectivity index (χ2n) is 3.03. The van der Waals surface area contributed by atoms with Gasteiger partial charge in [-0.25, -0.2) is 9.59 Å². The number of hydrogen-bond acceptors (Lipinski definition) is 2. The third-order valence-electron chi connectivity index (χ3n) is 2.10.